The highest BCUT2D eigenvalue weighted by molar-refractivity contribution is 5.92. The van der Waals surface area contributed by atoms with Gasteiger partial charge in [0.2, 0.25) is 5.88 Å². The third-order valence-electron chi connectivity index (χ3n) is 4.03. The molecule has 0 fully saturated rings. The van der Waals surface area contributed by atoms with E-state index in [4.69, 9.17) is 15.2 Å². The molecule has 0 amide bonds. The van der Waals surface area contributed by atoms with Crippen molar-refractivity contribution in [1.29, 1.82) is 5.26 Å². The summed E-state index contributed by atoms with van der Waals surface area (Å²) < 4.78 is 10.7. The molecule has 1 heterocycles. The number of allylic oxidation sites excluding steroid dienone is 2. The van der Waals surface area contributed by atoms with Crippen LogP contribution in [0.25, 0.3) is 0 Å². The van der Waals surface area contributed by atoms with Gasteiger partial charge in [-0.25, -0.2) is 4.79 Å². The summed E-state index contributed by atoms with van der Waals surface area (Å²) in [6, 6.07) is 9.92. The van der Waals surface area contributed by atoms with Crippen molar-refractivity contribution >= 4 is 5.97 Å². The Bertz CT molecular complexity index is 724. The minimum Gasteiger partial charge on any atom is -0.463 e. The minimum atomic E-state index is -0.566. The lowest BCUT2D eigenvalue weighted by molar-refractivity contribution is -0.139. The van der Waals surface area contributed by atoms with Gasteiger partial charge in [-0.15, -0.1) is 0 Å². The van der Waals surface area contributed by atoms with E-state index in [1.807, 2.05) is 31.2 Å². The Hall–Kier alpha value is -2.74. The summed E-state index contributed by atoms with van der Waals surface area (Å²) in [6.07, 6.45) is 1.40. The van der Waals surface area contributed by atoms with E-state index in [1.54, 1.807) is 6.92 Å². The first kappa shape index (κ1) is 17.6. The summed E-state index contributed by atoms with van der Waals surface area (Å²) >= 11 is 0. The molecule has 2 N–H and O–H groups in total. The third kappa shape index (κ3) is 3.28. The van der Waals surface area contributed by atoms with Crippen LogP contribution >= 0.6 is 0 Å². The van der Waals surface area contributed by atoms with Crippen molar-refractivity contribution in [3.63, 3.8) is 0 Å². The van der Waals surface area contributed by atoms with Crippen LogP contribution in [-0.4, -0.2) is 12.6 Å². The molecule has 0 saturated heterocycles. The first-order valence-corrected chi connectivity index (χ1v) is 8.13. The number of esters is 1. The Morgan fingerprint density at radius 1 is 1.25 bits per heavy atom. The van der Waals surface area contributed by atoms with E-state index in [-0.39, 0.29) is 18.1 Å². The number of hydrogen-bond acceptors (Lipinski definition) is 5. The van der Waals surface area contributed by atoms with E-state index in [2.05, 4.69) is 13.0 Å². The van der Waals surface area contributed by atoms with Crippen molar-refractivity contribution in [2.45, 2.75) is 39.5 Å². The van der Waals surface area contributed by atoms with Gasteiger partial charge in [-0.05, 0) is 24.5 Å². The molecule has 1 unspecified atom stereocenters. The number of nitrogens with zero attached hydrogens (tertiary/aromatic N) is 1. The molecule has 1 aliphatic rings. The van der Waals surface area contributed by atoms with Crippen LogP contribution in [0.5, 0.6) is 0 Å². The number of rotatable bonds is 5. The second-order valence-corrected chi connectivity index (χ2v) is 5.43. The van der Waals surface area contributed by atoms with Gasteiger partial charge in [-0.3, -0.25) is 0 Å². The summed E-state index contributed by atoms with van der Waals surface area (Å²) in [5, 5.41) is 9.54. The minimum absolute atomic E-state index is 0.0481. The normalized spacial score (nSPS) is 17.3. The van der Waals surface area contributed by atoms with E-state index in [9.17, 15) is 10.1 Å². The first-order valence-electron chi connectivity index (χ1n) is 8.13. The number of ether oxygens (including phenoxy) is 2. The monoisotopic (exact) mass is 326 g/mol. The molecule has 0 saturated carbocycles. The molecule has 5 nitrogen and oxygen atoms in total. The van der Waals surface area contributed by atoms with Crippen LogP contribution in [-0.2, 0) is 20.7 Å². The zero-order valence-corrected chi connectivity index (χ0v) is 14.3. The molecule has 1 atom stereocenters. The summed E-state index contributed by atoms with van der Waals surface area (Å²) in [6.45, 7) is 5.94. The zero-order valence-electron chi connectivity index (χ0n) is 14.3. The lowest BCUT2D eigenvalue weighted by Crippen LogP contribution is -2.26. The molecule has 1 aromatic rings. The van der Waals surface area contributed by atoms with Gasteiger partial charge in [0.05, 0.1) is 18.1 Å². The highest BCUT2D eigenvalue weighted by atomic mass is 16.5. The van der Waals surface area contributed by atoms with Crippen LogP contribution in [0, 0.1) is 11.3 Å². The lowest BCUT2D eigenvalue weighted by atomic mass is 9.82. The highest BCUT2D eigenvalue weighted by Crippen LogP contribution is 2.40. The van der Waals surface area contributed by atoms with Gasteiger partial charge in [0, 0.05) is 6.42 Å². The zero-order chi connectivity index (χ0) is 17.7. The fraction of sp³-hybridized carbons (Fsp3) is 0.368. The average molecular weight is 326 g/mol. The highest BCUT2D eigenvalue weighted by Gasteiger charge is 2.36. The van der Waals surface area contributed by atoms with Crippen molar-refractivity contribution in [2.24, 2.45) is 5.73 Å². The molecule has 0 aliphatic carbocycles. The van der Waals surface area contributed by atoms with Crippen LogP contribution in [0.2, 0.25) is 0 Å². The van der Waals surface area contributed by atoms with E-state index in [0.717, 1.165) is 12.0 Å². The molecule has 1 aromatic carbocycles. The van der Waals surface area contributed by atoms with Crippen LogP contribution in [0.3, 0.4) is 0 Å². The number of benzene rings is 1. The quantitative estimate of drug-likeness (QED) is 0.839. The topological polar surface area (TPSA) is 85.3 Å². The van der Waals surface area contributed by atoms with E-state index in [1.165, 1.54) is 5.56 Å². The number of aryl methyl sites for hydroxylation is 1. The van der Waals surface area contributed by atoms with Crippen LogP contribution < -0.4 is 5.73 Å². The predicted molar refractivity (Wildman–Crippen MR) is 90.4 cm³/mol. The standard InChI is InChI=1S/C19H22N2O3/c1-4-12-7-9-13(10-8-12)16-14(11-20)18(21)24-15(5-2)17(16)19(22)23-6-3/h7-10,16H,4-6,21H2,1-3H3. The van der Waals surface area contributed by atoms with E-state index >= 15 is 0 Å². The maximum Gasteiger partial charge on any atom is 0.338 e. The SMILES string of the molecule is CCOC(=O)C1=C(CC)OC(N)=C(C#N)C1c1ccc(CC)cc1. The van der Waals surface area contributed by atoms with Crippen molar-refractivity contribution in [3.8, 4) is 6.07 Å². The molecular formula is C19H22N2O3. The smallest absolute Gasteiger partial charge is 0.338 e. The number of nitrogens with two attached hydrogens (primary N) is 1. The summed E-state index contributed by atoms with van der Waals surface area (Å²) in [5.74, 6) is -0.538. The van der Waals surface area contributed by atoms with Crippen molar-refractivity contribution in [3.05, 3.63) is 58.2 Å². The fourth-order valence-corrected chi connectivity index (χ4v) is 2.79. The number of nitriles is 1. The van der Waals surface area contributed by atoms with Crippen LogP contribution in [0.4, 0.5) is 0 Å². The Kier molecular flexibility index (Phi) is 5.64. The summed E-state index contributed by atoms with van der Waals surface area (Å²) in [5.41, 5.74) is 8.52. The molecule has 24 heavy (non-hydrogen) atoms. The molecule has 126 valence electrons. The van der Waals surface area contributed by atoms with Gasteiger partial charge in [-0.2, -0.15) is 5.26 Å². The molecule has 0 bridgehead atoms. The molecule has 0 radical (unpaired) electrons. The maximum atomic E-state index is 12.5. The molecule has 0 spiro atoms. The van der Waals surface area contributed by atoms with Gasteiger partial charge in [0.25, 0.3) is 0 Å². The fourth-order valence-electron chi connectivity index (χ4n) is 2.79. The molecular weight excluding hydrogens is 304 g/mol. The van der Waals surface area contributed by atoms with Crippen molar-refractivity contribution in [2.75, 3.05) is 6.61 Å². The maximum absolute atomic E-state index is 12.5. The van der Waals surface area contributed by atoms with E-state index in [0.29, 0.717) is 17.8 Å². The second-order valence-electron chi connectivity index (χ2n) is 5.43. The Balaban J connectivity index is 2.60. The molecule has 5 heteroatoms. The Labute approximate surface area is 142 Å². The molecule has 1 aliphatic heterocycles. The van der Waals surface area contributed by atoms with Gasteiger partial charge in [-0.1, -0.05) is 38.1 Å². The number of hydrogen-bond donors (Lipinski definition) is 1. The van der Waals surface area contributed by atoms with Gasteiger partial charge in [0.15, 0.2) is 0 Å². The lowest BCUT2D eigenvalue weighted by Gasteiger charge is -2.27. The Morgan fingerprint density at radius 3 is 2.42 bits per heavy atom. The Morgan fingerprint density at radius 2 is 1.92 bits per heavy atom. The third-order valence-corrected chi connectivity index (χ3v) is 4.03. The largest absolute Gasteiger partial charge is 0.463 e. The van der Waals surface area contributed by atoms with E-state index < -0.39 is 11.9 Å². The van der Waals surface area contributed by atoms with Gasteiger partial charge in [0.1, 0.15) is 17.4 Å². The second kappa shape index (κ2) is 7.69. The predicted octanol–water partition coefficient (Wildman–Crippen LogP) is 3.28. The summed E-state index contributed by atoms with van der Waals surface area (Å²) in [4.78, 5) is 12.5. The first-order chi connectivity index (χ1) is 11.6. The van der Waals surface area contributed by atoms with Crippen molar-refractivity contribution < 1.29 is 14.3 Å². The van der Waals surface area contributed by atoms with Crippen LogP contribution in [0.1, 0.15) is 44.2 Å². The average Bonchev–Trinajstić information content (AvgIpc) is 2.60. The van der Waals surface area contributed by atoms with Crippen molar-refractivity contribution in [1.82, 2.24) is 0 Å². The van der Waals surface area contributed by atoms with Gasteiger partial charge < -0.3 is 15.2 Å². The van der Waals surface area contributed by atoms with Gasteiger partial charge >= 0.3 is 5.97 Å². The molecule has 0 aromatic heterocycles. The number of carbonyl (C=O) groups excluding carboxylic acids is 1. The van der Waals surface area contributed by atoms with Crippen LogP contribution in [0.15, 0.2) is 47.1 Å². The summed E-state index contributed by atoms with van der Waals surface area (Å²) in [7, 11) is 0. The number of carbonyl (C=O) groups is 1. The molecule has 2 rings (SSSR count).